The Bertz CT molecular complexity index is 475. The average Bonchev–Trinajstić information content (AvgIpc) is 2.49. The second-order valence-corrected chi connectivity index (χ2v) is 4.42. The molecule has 1 aromatic carbocycles. The van der Waals surface area contributed by atoms with Crippen LogP contribution in [0.1, 0.15) is 19.4 Å². The van der Waals surface area contributed by atoms with Gasteiger partial charge in [0.1, 0.15) is 5.82 Å². The van der Waals surface area contributed by atoms with Crippen LogP contribution in [0.15, 0.2) is 48.7 Å². The highest BCUT2D eigenvalue weighted by Crippen LogP contribution is 2.14. The summed E-state index contributed by atoms with van der Waals surface area (Å²) in [5, 5.41) is 3.38. The number of nitrogens with one attached hydrogen (secondary N) is 1. The second kappa shape index (κ2) is 6.78. The molecule has 3 nitrogen and oxygen atoms in total. The molecule has 0 radical (unpaired) electrons. The van der Waals surface area contributed by atoms with Crippen molar-refractivity contribution in [3.05, 3.63) is 54.2 Å². The molecule has 0 atom stereocenters. The molecule has 0 amide bonds. The van der Waals surface area contributed by atoms with Crippen LogP contribution in [0, 0.1) is 0 Å². The Kier molecular flexibility index (Phi) is 4.78. The van der Waals surface area contributed by atoms with Gasteiger partial charge in [-0.2, -0.15) is 0 Å². The van der Waals surface area contributed by atoms with Gasteiger partial charge >= 0.3 is 0 Å². The standard InChI is InChI=1S/C16H21N3/c1-3-19(4-2)16-11-10-15(13-18-16)17-12-14-8-6-5-7-9-14/h5-11,13,17H,3-4,12H2,1-2H3. The first-order valence-corrected chi connectivity index (χ1v) is 6.82. The van der Waals surface area contributed by atoms with Crippen LogP contribution in [0.3, 0.4) is 0 Å². The maximum Gasteiger partial charge on any atom is 0.128 e. The molecular weight excluding hydrogens is 234 g/mol. The van der Waals surface area contributed by atoms with E-state index in [2.05, 4.69) is 65.4 Å². The Hall–Kier alpha value is -2.03. The summed E-state index contributed by atoms with van der Waals surface area (Å²) in [6.07, 6.45) is 1.90. The van der Waals surface area contributed by atoms with Crippen molar-refractivity contribution < 1.29 is 0 Å². The van der Waals surface area contributed by atoms with Crippen LogP contribution in [0.25, 0.3) is 0 Å². The molecule has 3 heteroatoms. The van der Waals surface area contributed by atoms with Crippen molar-refractivity contribution in [2.24, 2.45) is 0 Å². The zero-order valence-electron chi connectivity index (χ0n) is 11.6. The third-order valence-corrected chi connectivity index (χ3v) is 3.17. The first-order chi connectivity index (χ1) is 9.33. The van der Waals surface area contributed by atoms with Crippen LogP contribution in [-0.2, 0) is 6.54 Å². The van der Waals surface area contributed by atoms with Crippen molar-refractivity contribution in [3.63, 3.8) is 0 Å². The first-order valence-electron chi connectivity index (χ1n) is 6.82. The van der Waals surface area contributed by atoms with Gasteiger partial charge in [-0.1, -0.05) is 30.3 Å². The molecule has 2 rings (SSSR count). The van der Waals surface area contributed by atoms with Crippen LogP contribution in [0.4, 0.5) is 11.5 Å². The van der Waals surface area contributed by atoms with Crippen LogP contribution < -0.4 is 10.2 Å². The van der Waals surface area contributed by atoms with E-state index in [1.165, 1.54) is 5.56 Å². The maximum atomic E-state index is 4.50. The van der Waals surface area contributed by atoms with E-state index in [4.69, 9.17) is 0 Å². The summed E-state index contributed by atoms with van der Waals surface area (Å²) in [6.45, 7) is 7.09. The Balaban J connectivity index is 1.95. The number of aromatic nitrogens is 1. The molecule has 2 aromatic rings. The Morgan fingerprint density at radius 2 is 1.74 bits per heavy atom. The number of anilines is 2. The van der Waals surface area contributed by atoms with Gasteiger partial charge in [0, 0.05) is 19.6 Å². The van der Waals surface area contributed by atoms with Gasteiger partial charge in [0.05, 0.1) is 11.9 Å². The fraction of sp³-hybridized carbons (Fsp3) is 0.312. The molecule has 1 aromatic heterocycles. The molecule has 19 heavy (non-hydrogen) atoms. The first kappa shape index (κ1) is 13.4. The van der Waals surface area contributed by atoms with Gasteiger partial charge in [-0.3, -0.25) is 0 Å². The second-order valence-electron chi connectivity index (χ2n) is 4.42. The molecule has 0 unspecified atom stereocenters. The van der Waals surface area contributed by atoms with E-state index in [9.17, 15) is 0 Å². The van der Waals surface area contributed by atoms with Gasteiger partial charge in [-0.15, -0.1) is 0 Å². The highest BCUT2D eigenvalue weighted by atomic mass is 15.2. The molecular formula is C16H21N3. The predicted octanol–water partition coefficient (Wildman–Crippen LogP) is 3.54. The van der Waals surface area contributed by atoms with Crippen LogP contribution >= 0.6 is 0 Å². The van der Waals surface area contributed by atoms with Crippen LogP contribution in [-0.4, -0.2) is 18.1 Å². The van der Waals surface area contributed by atoms with Gasteiger partial charge in [-0.05, 0) is 31.5 Å². The maximum absolute atomic E-state index is 4.50. The number of hydrogen-bond acceptors (Lipinski definition) is 3. The molecule has 0 fully saturated rings. The van der Waals surface area contributed by atoms with E-state index in [0.29, 0.717) is 0 Å². The van der Waals surface area contributed by atoms with E-state index in [-0.39, 0.29) is 0 Å². The number of benzene rings is 1. The van der Waals surface area contributed by atoms with E-state index >= 15 is 0 Å². The lowest BCUT2D eigenvalue weighted by atomic mass is 10.2. The average molecular weight is 255 g/mol. The van der Waals surface area contributed by atoms with Crippen molar-refractivity contribution in [2.45, 2.75) is 20.4 Å². The number of nitrogens with zero attached hydrogens (tertiary/aromatic N) is 2. The lowest BCUT2D eigenvalue weighted by Gasteiger charge is -2.19. The van der Waals surface area contributed by atoms with Gasteiger partial charge < -0.3 is 10.2 Å². The zero-order valence-corrected chi connectivity index (χ0v) is 11.6. The summed E-state index contributed by atoms with van der Waals surface area (Å²) in [5.74, 6) is 1.04. The SMILES string of the molecule is CCN(CC)c1ccc(NCc2ccccc2)cn1. The fourth-order valence-corrected chi connectivity index (χ4v) is 2.03. The molecule has 0 aliphatic carbocycles. The Labute approximate surface area is 115 Å². The zero-order chi connectivity index (χ0) is 13.5. The van der Waals surface area contributed by atoms with Crippen LogP contribution in [0.2, 0.25) is 0 Å². The largest absolute Gasteiger partial charge is 0.380 e. The minimum atomic E-state index is 0.827. The third-order valence-electron chi connectivity index (χ3n) is 3.17. The van der Waals surface area contributed by atoms with Gasteiger partial charge in [0.2, 0.25) is 0 Å². The van der Waals surface area contributed by atoms with E-state index in [1.807, 2.05) is 12.3 Å². The third kappa shape index (κ3) is 3.71. The summed E-state index contributed by atoms with van der Waals surface area (Å²) in [7, 11) is 0. The van der Waals surface area contributed by atoms with E-state index in [0.717, 1.165) is 31.1 Å². The topological polar surface area (TPSA) is 28.2 Å². The predicted molar refractivity (Wildman–Crippen MR) is 81.6 cm³/mol. The highest BCUT2D eigenvalue weighted by molar-refractivity contribution is 5.48. The van der Waals surface area contributed by atoms with Crippen molar-refractivity contribution in [1.82, 2.24) is 4.98 Å². The number of rotatable bonds is 6. The van der Waals surface area contributed by atoms with Gasteiger partial charge in [0.15, 0.2) is 0 Å². The molecule has 1 N–H and O–H groups in total. The van der Waals surface area contributed by atoms with Crippen molar-refractivity contribution in [1.29, 1.82) is 0 Å². The summed E-state index contributed by atoms with van der Waals surface area (Å²) in [5.41, 5.74) is 2.33. The quantitative estimate of drug-likeness (QED) is 0.855. The molecule has 0 bridgehead atoms. The molecule has 0 aliphatic heterocycles. The normalized spacial score (nSPS) is 10.2. The smallest absolute Gasteiger partial charge is 0.128 e. The Morgan fingerprint density at radius 1 is 1.00 bits per heavy atom. The lowest BCUT2D eigenvalue weighted by molar-refractivity contribution is 0.846. The Morgan fingerprint density at radius 3 is 2.32 bits per heavy atom. The minimum Gasteiger partial charge on any atom is -0.380 e. The molecule has 0 saturated carbocycles. The minimum absolute atomic E-state index is 0.827. The molecule has 1 heterocycles. The number of pyridine rings is 1. The van der Waals surface area contributed by atoms with E-state index < -0.39 is 0 Å². The lowest BCUT2D eigenvalue weighted by Crippen LogP contribution is -2.22. The van der Waals surface area contributed by atoms with Crippen molar-refractivity contribution >= 4 is 11.5 Å². The summed E-state index contributed by atoms with van der Waals surface area (Å²) in [6, 6.07) is 14.5. The van der Waals surface area contributed by atoms with Gasteiger partial charge in [-0.25, -0.2) is 4.98 Å². The summed E-state index contributed by atoms with van der Waals surface area (Å²) < 4.78 is 0. The van der Waals surface area contributed by atoms with E-state index in [1.54, 1.807) is 0 Å². The van der Waals surface area contributed by atoms with Crippen molar-refractivity contribution in [2.75, 3.05) is 23.3 Å². The summed E-state index contributed by atoms with van der Waals surface area (Å²) >= 11 is 0. The molecule has 100 valence electrons. The van der Waals surface area contributed by atoms with Crippen LogP contribution in [0.5, 0.6) is 0 Å². The molecule has 0 aliphatic rings. The highest BCUT2D eigenvalue weighted by Gasteiger charge is 2.02. The number of hydrogen-bond donors (Lipinski definition) is 1. The monoisotopic (exact) mass is 255 g/mol. The van der Waals surface area contributed by atoms with Crippen molar-refractivity contribution in [3.8, 4) is 0 Å². The molecule has 0 spiro atoms. The molecule has 0 saturated heterocycles. The fourth-order valence-electron chi connectivity index (χ4n) is 2.03. The summed E-state index contributed by atoms with van der Waals surface area (Å²) in [4.78, 5) is 6.73. The van der Waals surface area contributed by atoms with Gasteiger partial charge in [0.25, 0.3) is 0 Å².